The van der Waals surface area contributed by atoms with Gasteiger partial charge in [0.05, 0.1) is 11.4 Å². The van der Waals surface area contributed by atoms with Gasteiger partial charge in [0.1, 0.15) is 12.1 Å². The number of halogens is 2. The molecule has 1 aromatic carbocycles. The third-order valence-corrected chi connectivity index (χ3v) is 3.48. The topological polar surface area (TPSA) is 59.8 Å². The van der Waals surface area contributed by atoms with Gasteiger partial charge in [-0.1, -0.05) is 23.4 Å². The molecule has 0 fully saturated rings. The van der Waals surface area contributed by atoms with Crippen LogP contribution in [0, 0.1) is 5.82 Å². The Bertz CT molecular complexity index is 604. The highest BCUT2D eigenvalue weighted by atomic mass is 35.5. The van der Waals surface area contributed by atoms with Crippen LogP contribution in [0.1, 0.15) is 0 Å². The molecule has 0 atom stereocenters. The van der Waals surface area contributed by atoms with E-state index in [9.17, 15) is 9.18 Å². The first kappa shape index (κ1) is 13.8. The van der Waals surface area contributed by atoms with Gasteiger partial charge >= 0.3 is 0 Å². The molecule has 2 aromatic rings. The average molecular weight is 301 g/mol. The fourth-order valence-electron chi connectivity index (χ4n) is 1.31. The maximum Gasteiger partial charge on any atom is 0.234 e. The van der Waals surface area contributed by atoms with Crippen molar-refractivity contribution in [3.8, 4) is 0 Å². The highest BCUT2D eigenvalue weighted by molar-refractivity contribution is 7.99. The lowest BCUT2D eigenvalue weighted by molar-refractivity contribution is -0.113. The fraction of sp³-hybridized carbons (Fsp3) is 0.182. The van der Waals surface area contributed by atoms with Crippen LogP contribution in [0.2, 0.25) is 5.02 Å². The average Bonchev–Trinajstić information content (AvgIpc) is 2.76. The van der Waals surface area contributed by atoms with Gasteiger partial charge in [-0.3, -0.25) is 4.79 Å². The van der Waals surface area contributed by atoms with Crippen molar-refractivity contribution in [3.05, 3.63) is 35.4 Å². The Kier molecular flexibility index (Phi) is 4.39. The van der Waals surface area contributed by atoms with E-state index in [0.29, 0.717) is 5.16 Å². The molecule has 1 N–H and O–H groups in total. The number of nitrogens with one attached hydrogen (secondary N) is 1. The lowest BCUT2D eigenvalue weighted by atomic mass is 10.3. The fourth-order valence-corrected chi connectivity index (χ4v) is 2.16. The number of aromatic nitrogens is 3. The van der Waals surface area contributed by atoms with E-state index in [4.69, 9.17) is 11.6 Å². The van der Waals surface area contributed by atoms with Gasteiger partial charge < -0.3 is 9.88 Å². The molecule has 0 saturated heterocycles. The first-order chi connectivity index (χ1) is 9.06. The van der Waals surface area contributed by atoms with Crippen LogP contribution in [0.3, 0.4) is 0 Å². The number of hydrogen-bond donors (Lipinski definition) is 1. The summed E-state index contributed by atoms with van der Waals surface area (Å²) in [6.07, 6.45) is 1.54. The van der Waals surface area contributed by atoms with Crippen molar-refractivity contribution in [1.82, 2.24) is 14.8 Å². The quantitative estimate of drug-likeness (QED) is 0.881. The van der Waals surface area contributed by atoms with E-state index in [2.05, 4.69) is 15.5 Å². The van der Waals surface area contributed by atoms with Crippen molar-refractivity contribution >= 4 is 35.0 Å². The normalized spacial score (nSPS) is 10.5. The summed E-state index contributed by atoms with van der Waals surface area (Å²) >= 11 is 6.84. The number of carbonyl (C=O) groups excluding carboxylic acids is 1. The van der Waals surface area contributed by atoms with Crippen molar-refractivity contribution in [3.63, 3.8) is 0 Å². The molecule has 0 radical (unpaired) electrons. The van der Waals surface area contributed by atoms with Gasteiger partial charge in [0.2, 0.25) is 5.91 Å². The number of nitrogens with zero attached hydrogens (tertiary/aromatic N) is 3. The zero-order valence-corrected chi connectivity index (χ0v) is 11.5. The van der Waals surface area contributed by atoms with Gasteiger partial charge in [-0.15, -0.1) is 10.2 Å². The summed E-state index contributed by atoms with van der Waals surface area (Å²) in [6.45, 7) is 0. The summed E-state index contributed by atoms with van der Waals surface area (Å²) in [5, 5.41) is 10.9. The number of thioether (sulfide) groups is 1. The SMILES string of the molecule is Cn1cnnc1SCC(=O)Nc1ccc(Cl)cc1F. The minimum atomic E-state index is -0.565. The predicted octanol–water partition coefficient (Wildman–Crippen LogP) is 2.34. The zero-order valence-electron chi connectivity index (χ0n) is 9.93. The molecule has 5 nitrogen and oxygen atoms in total. The van der Waals surface area contributed by atoms with Crippen LogP contribution in [-0.2, 0) is 11.8 Å². The standard InChI is InChI=1S/C11H10ClFN4OS/c1-17-6-14-16-11(17)19-5-10(18)15-9-3-2-7(12)4-8(9)13/h2-4,6H,5H2,1H3,(H,15,18). The van der Waals surface area contributed by atoms with Crippen molar-refractivity contribution in [1.29, 1.82) is 0 Å². The van der Waals surface area contributed by atoms with E-state index in [1.165, 1.54) is 23.9 Å². The van der Waals surface area contributed by atoms with Gasteiger partial charge in [0.25, 0.3) is 0 Å². The molecule has 0 bridgehead atoms. The molecule has 1 aromatic heterocycles. The van der Waals surface area contributed by atoms with Crippen LogP contribution < -0.4 is 5.32 Å². The Morgan fingerprint density at radius 2 is 2.37 bits per heavy atom. The Labute approximate surface area is 118 Å². The van der Waals surface area contributed by atoms with Crippen LogP contribution in [0.5, 0.6) is 0 Å². The van der Waals surface area contributed by atoms with E-state index < -0.39 is 5.82 Å². The van der Waals surface area contributed by atoms with Crippen LogP contribution in [0.25, 0.3) is 0 Å². The van der Waals surface area contributed by atoms with Gasteiger partial charge in [0.15, 0.2) is 5.16 Å². The molecular weight excluding hydrogens is 291 g/mol. The van der Waals surface area contributed by atoms with Crippen LogP contribution >= 0.6 is 23.4 Å². The maximum absolute atomic E-state index is 13.5. The predicted molar refractivity (Wildman–Crippen MR) is 71.8 cm³/mol. The molecule has 100 valence electrons. The van der Waals surface area contributed by atoms with E-state index in [-0.39, 0.29) is 22.4 Å². The molecular formula is C11H10ClFN4OS. The first-order valence-electron chi connectivity index (χ1n) is 5.28. The largest absolute Gasteiger partial charge is 0.323 e. The number of anilines is 1. The summed E-state index contributed by atoms with van der Waals surface area (Å²) in [7, 11) is 1.78. The Hall–Kier alpha value is -1.60. The summed E-state index contributed by atoms with van der Waals surface area (Å²) in [4.78, 5) is 11.7. The number of amides is 1. The van der Waals surface area contributed by atoms with Gasteiger partial charge in [-0.2, -0.15) is 0 Å². The lowest BCUT2D eigenvalue weighted by Gasteiger charge is -2.06. The van der Waals surface area contributed by atoms with Crippen LogP contribution in [-0.4, -0.2) is 26.4 Å². The molecule has 0 saturated carbocycles. The molecule has 8 heteroatoms. The van der Waals surface area contributed by atoms with Crippen LogP contribution in [0.15, 0.2) is 29.7 Å². The minimum Gasteiger partial charge on any atom is -0.323 e. The Balaban J connectivity index is 1.93. The first-order valence-corrected chi connectivity index (χ1v) is 6.64. The van der Waals surface area contributed by atoms with Gasteiger partial charge in [0, 0.05) is 12.1 Å². The number of hydrogen-bond acceptors (Lipinski definition) is 4. The number of carbonyl (C=O) groups is 1. The smallest absolute Gasteiger partial charge is 0.234 e. The Morgan fingerprint density at radius 1 is 1.58 bits per heavy atom. The third-order valence-electron chi connectivity index (χ3n) is 2.21. The second-order valence-corrected chi connectivity index (χ2v) is 5.06. The van der Waals surface area contributed by atoms with E-state index >= 15 is 0 Å². The monoisotopic (exact) mass is 300 g/mol. The van der Waals surface area contributed by atoms with Gasteiger partial charge in [-0.25, -0.2) is 4.39 Å². The number of aryl methyl sites for hydroxylation is 1. The molecule has 19 heavy (non-hydrogen) atoms. The minimum absolute atomic E-state index is 0.105. The highest BCUT2D eigenvalue weighted by Crippen LogP contribution is 2.20. The number of rotatable bonds is 4. The van der Waals surface area contributed by atoms with Crippen molar-refractivity contribution in [2.24, 2.45) is 7.05 Å². The van der Waals surface area contributed by atoms with Crippen LogP contribution in [0.4, 0.5) is 10.1 Å². The lowest BCUT2D eigenvalue weighted by Crippen LogP contribution is -2.15. The van der Waals surface area contributed by atoms with Crippen molar-refractivity contribution in [2.75, 3.05) is 11.1 Å². The van der Waals surface area contributed by atoms with Crippen molar-refractivity contribution < 1.29 is 9.18 Å². The summed E-state index contributed by atoms with van der Waals surface area (Å²) in [5.41, 5.74) is 0.105. The molecule has 0 spiro atoms. The maximum atomic E-state index is 13.5. The third kappa shape index (κ3) is 3.68. The molecule has 0 aliphatic carbocycles. The van der Waals surface area contributed by atoms with E-state index in [1.807, 2.05) is 0 Å². The summed E-state index contributed by atoms with van der Waals surface area (Å²) in [6, 6.07) is 4.08. The molecule has 0 unspecified atom stereocenters. The van der Waals surface area contributed by atoms with E-state index in [1.54, 1.807) is 17.9 Å². The molecule has 0 aliphatic rings. The molecule has 2 rings (SSSR count). The Morgan fingerprint density at radius 3 is 3.00 bits per heavy atom. The number of benzene rings is 1. The van der Waals surface area contributed by atoms with Crippen molar-refractivity contribution in [2.45, 2.75) is 5.16 Å². The highest BCUT2D eigenvalue weighted by Gasteiger charge is 2.10. The second kappa shape index (κ2) is 6.03. The molecule has 1 amide bonds. The van der Waals surface area contributed by atoms with Gasteiger partial charge in [-0.05, 0) is 18.2 Å². The zero-order chi connectivity index (χ0) is 13.8. The summed E-state index contributed by atoms with van der Waals surface area (Å²) in [5.74, 6) is -0.770. The second-order valence-electron chi connectivity index (χ2n) is 3.69. The van der Waals surface area contributed by atoms with E-state index in [0.717, 1.165) is 6.07 Å². The molecule has 1 heterocycles. The molecule has 0 aliphatic heterocycles. The summed E-state index contributed by atoms with van der Waals surface area (Å²) < 4.78 is 15.2.